The lowest BCUT2D eigenvalue weighted by Crippen LogP contribution is -2.20. The average Bonchev–Trinajstić information content (AvgIpc) is 2.54. The standard InChI is InChI=1S/C19H23NO3/c1-15(2)11-12-22-18-10-6-7-16(13-18)20-19(21)14-23-17-8-4-3-5-9-17/h3-10,13,15H,11-12,14H2,1-2H3,(H,20,21). The van der Waals surface area contributed by atoms with E-state index in [1.54, 1.807) is 0 Å². The summed E-state index contributed by atoms with van der Waals surface area (Å²) in [6.07, 6.45) is 1.00. The third-order valence-corrected chi connectivity index (χ3v) is 3.19. The van der Waals surface area contributed by atoms with E-state index in [-0.39, 0.29) is 12.5 Å². The highest BCUT2D eigenvalue weighted by molar-refractivity contribution is 5.92. The Balaban J connectivity index is 1.81. The summed E-state index contributed by atoms with van der Waals surface area (Å²) in [5.74, 6) is 1.84. The second-order valence-corrected chi connectivity index (χ2v) is 5.71. The van der Waals surface area contributed by atoms with E-state index in [4.69, 9.17) is 9.47 Å². The minimum atomic E-state index is -0.201. The first kappa shape index (κ1) is 16.9. The predicted octanol–water partition coefficient (Wildman–Crippen LogP) is 4.13. The van der Waals surface area contributed by atoms with Crippen LogP contribution in [0.15, 0.2) is 54.6 Å². The van der Waals surface area contributed by atoms with E-state index in [0.29, 0.717) is 24.0 Å². The molecule has 0 aliphatic rings. The Bertz CT molecular complexity index is 611. The molecule has 0 aliphatic heterocycles. The van der Waals surface area contributed by atoms with Gasteiger partial charge < -0.3 is 14.8 Å². The molecule has 2 aromatic rings. The smallest absolute Gasteiger partial charge is 0.262 e. The van der Waals surface area contributed by atoms with Gasteiger partial charge in [0.1, 0.15) is 11.5 Å². The van der Waals surface area contributed by atoms with Crippen molar-refractivity contribution in [3.8, 4) is 11.5 Å². The van der Waals surface area contributed by atoms with E-state index in [1.807, 2.05) is 54.6 Å². The Kier molecular flexibility index (Phi) is 6.48. The minimum absolute atomic E-state index is 0.0253. The Labute approximate surface area is 137 Å². The number of carbonyl (C=O) groups is 1. The molecule has 0 aliphatic carbocycles. The molecule has 0 fully saturated rings. The summed E-state index contributed by atoms with van der Waals surface area (Å²) < 4.78 is 11.1. The van der Waals surface area contributed by atoms with Crippen LogP contribution in [0.25, 0.3) is 0 Å². The van der Waals surface area contributed by atoms with Crippen molar-refractivity contribution in [3.63, 3.8) is 0 Å². The third-order valence-electron chi connectivity index (χ3n) is 3.19. The first-order valence-corrected chi connectivity index (χ1v) is 7.84. The molecule has 0 bridgehead atoms. The van der Waals surface area contributed by atoms with Crippen molar-refractivity contribution in [2.24, 2.45) is 5.92 Å². The Morgan fingerprint density at radius 2 is 1.74 bits per heavy atom. The topological polar surface area (TPSA) is 47.6 Å². The van der Waals surface area contributed by atoms with Gasteiger partial charge in [-0.1, -0.05) is 38.1 Å². The fourth-order valence-corrected chi connectivity index (χ4v) is 1.94. The molecule has 1 N–H and O–H groups in total. The number of anilines is 1. The van der Waals surface area contributed by atoms with Crippen molar-refractivity contribution in [2.45, 2.75) is 20.3 Å². The highest BCUT2D eigenvalue weighted by Crippen LogP contribution is 2.18. The first-order chi connectivity index (χ1) is 11.1. The molecular formula is C19H23NO3. The molecule has 122 valence electrons. The molecule has 0 heterocycles. The van der Waals surface area contributed by atoms with E-state index in [9.17, 15) is 4.79 Å². The van der Waals surface area contributed by atoms with Gasteiger partial charge in [0.05, 0.1) is 6.61 Å². The highest BCUT2D eigenvalue weighted by atomic mass is 16.5. The van der Waals surface area contributed by atoms with Crippen LogP contribution < -0.4 is 14.8 Å². The molecule has 0 saturated heterocycles. The quantitative estimate of drug-likeness (QED) is 0.797. The van der Waals surface area contributed by atoms with Gasteiger partial charge in [0.15, 0.2) is 6.61 Å². The van der Waals surface area contributed by atoms with Gasteiger partial charge in [0.2, 0.25) is 0 Å². The van der Waals surface area contributed by atoms with Gasteiger partial charge >= 0.3 is 0 Å². The van der Waals surface area contributed by atoms with Crippen molar-refractivity contribution in [1.29, 1.82) is 0 Å². The van der Waals surface area contributed by atoms with Gasteiger partial charge in [-0.2, -0.15) is 0 Å². The van der Waals surface area contributed by atoms with Gasteiger partial charge in [-0.3, -0.25) is 4.79 Å². The number of hydrogen-bond acceptors (Lipinski definition) is 3. The van der Waals surface area contributed by atoms with Gasteiger partial charge in [-0.15, -0.1) is 0 Å². The van der Waals surface area contributed by atoms with Crippen LogP contribution in [0.3, 0.4) is 0 Å². The maximum atomic E-state index is 11.9. The van der Waals surface area contributed by atoms with Gasteiger partial charge in [-0.25, -0.2) is 0 Å². The maximum Gasteiger partial charge on any atom is 0.262 e. The van der Waals surface area contributed by atoms with Crippen LogP contribution in [0.2, 0.25) is 0 Å². The predicted molar refractivity (Wildman–Crippen MR) is 92.0 cm³/mol. The monoisotopic (exact) mass is 313 g/mol. The summed E-state index contributed by atoms with van der Waals surface area (Å²) in [5, 5.41) is 2.81. The van der Waals surface area contributed by atoms with Crippen molar-refractivity contribution < 1.29 is 14.3 Å². The highest BCUT2D eigenvalue weighted by Gasteiger charge is 2.05. The molecule has 2 aromatic carbocycles. The van der Waals surface area contributed by atoms with Crippen molar-refractivity contribution in [3.05, 3.63) is 54.6 Å². The SMILES string of the molecule is CC(C)CCOc1cccc(NC(=O)COc2ccccc2)c1. The van der Waals surface area contributed by atoms with E-state index in [0.717, 1.165) is 12.2 Å². The van der Waals surface area contributed by atoms with Gasteiger partial charge in [-0.05, 0) is 36.6 Å². The van der Waals surface area contributed by atoms with Crippen molar-refractivity contribution in [2.75, 3.05) is 18.5 Å². The normalized spacial score (nSPS) is 10.4. The molecule has 0 spiro atoms. The zero-order chi connectivity index (χ0) is 16.5. The summed E-state index contributed by atoms with van der Waals surface area (Å²) in [6, 6.07) is 16.7. The van der Waals surface area contributed by atoms with Crippen LogP contribution in [0.5, 0.6) is 11.5 Å². The van der Waals surface area contributed by atoms with Crippen LogP contribution in [0.1, 0.15) is 20.3 Å². The molecule has 0 aromatic heterocycles. The number of hydrogen-bond donors (Lipinski definition) is 1. The second kappa shape index (κ2) is 8.83. The summed E-state index contributed by atoms with van der Waals surface area (Å²) in [6.45, 7) is 4.97. The van der Waals surface area contributed by atoms with E-state index in [1.165, 1.54) is 0 Å². The van der Waals surface area contributed by atoms with Crippen LogP contribution in [-0.2, 0) is 4.79 Å². The number of amides is 1. The van der Waals surface area contributed by atoms with Crippen LogP contribution >= 0.6 is 0 Å². The number of ether oxygens (including phenoxy) is 2. The van der Waals surface area contributed by atoms with Crippen molar-refractivity contribution in [1.82, 2.24) is 0 Å². The number of nitrogens with one attached hydrogen (secondary N) is 1. The molecule has 1 amide bonds. The molecule has 23 heavy (non-hydrogen) atoms. The van der Waals surface area contributed by atoms with Crippen LogP contribution in [0.4, 0.5) is 5.69 Å². The zero-order valence-corrected chi connectivity index (χ0v) is 13.6. The van der Waals surface area contributed by atoms with Gasteiger partial charge in [0, 0.05) is 11.8 Å². The number of carbonyl (C=O) groups excluding carboxylic acids is 1. The number of rotatable bonds is 8. The molecule has 0 unspecified atom stereocenters. The fourth-order valence-electron chi connectivity index (χ4n) is 1.94. The first-order valence-electron chi connectivity index (χ1n) is 7.84. The lowest BCUT2D eigenvalue weighted by molar-refractivity contribution is -0.118. The summed E-state index contributed by atoms with van der Waals surface area (Å²) >= 11 is 0. The molecular weight excluding hydrogens is 290 g/mol. The maximum absolute atomic E-state index is 11.9. The minimum Gasteiger partial charge on any atom is -0.494 e. The lowest BCUT2D eigenvalue weighted by atomic mass is 10.1. The molecule has 4 heteroatoms. The molecule has 0 radical (unpaired) electrons. The number of para-hydroxylation sites is 1. The summed E-state index contributed by atoms with van der Waals surface area (Å²) in [5.41, 5.74) is 0.703. The van der Waals surface area contributed by atoms with E-state index < -0.39 is 0 Å². The van der Waals surface area contributed by atoms with Crippen molar-refractivity contribution >= 4 is 11.6 Å². The van der Waals surface area contributed by atoms with Crippen LogP contribution in [0, 0.1) is 5.92 Å². The molecule has 0 atom stereocenters. The lowest BCUT2D eigenvalue weighted by Gasteiger charge is -2.11. The number of benzene rings is 2. The molecule has 4 nitrogen and oxygen atoms in total. The van der Waals surface area contributed by atoms with Crippen LogP contribution in [-0.4, -0.2) is 19.1 Å². The van der Waals surface area contributed by atoms with E-state index in [2.05, 4.69) is 19.2 Å². The molecule has 0 saturated carbocycles. The Morgan fingerprint density at radius 1 is 1.00 bits per heavy atom. The largest absolute Gasteiger partial charge is 0.494 e. The summed E-state index contributed by atoms with van der Waals surface area (Å²) in [7, 11) is 0. The summed E-state index contributed by atoms with van der Waals surface area (Å²) in [4.78, 5) is 11.9. The average molecular weight is 313 g/mol. The Morgan fingerprint density at radius 3 is 2.48 bits per heavy atom. The Hall–Kier alpha value is -2.49. The third kappa shape index (κ3) is 6.43. The fraction of sp³-hybridized carbons (Fsp3) is 0.316. The van der Waals surface area contributed by atoms with Gasteiger partial charge in [0.25, 0.3) is 5.91 Å². The van der Waals surface area contributed by atoms with E-state index >= 15 is 0 Å². The molecule has 2 rings (SSSR count). The second-order valence-electron chi connectivity index (χ2n) is 5.71. The zero-order valence-electron chi connectivity index (χ0n) is 13.6.